The van der Waals surface area contributed by atoms with Gasteiger partial charge in [0, 0.05) is 32.9 Å². The summed E-state index contributed by atoms with van der Waals surface area (Å²) >= 11 is 0. The van der Waals surface area contributed by atoms with Crippen molar-refractivity contribution in [2.45, 2.75) is 13.8 Å². The third kappa shape index (κ3) is 4.07. The molecule has 4 heteroatoms. The molecule has 0 amide bonds. The summed E-state index contributed by atoms with van der Waals surface area (Å²) in [5, 5.41) is 4.70. The van der Waals surface area contributed by atoms with E-state index in [0.29, 0.717) is 0 Å². The maximum absolute atomic E-state index is 4.96. The number of hydrogen-bond donors (Lipinski definition) is 0. The van der Waals surface area contributed by atoms with Crippen LogP contribution >= 0.6 is 0 Å². The van der Waals surface area contributed by atoms with Gasteiger partial charge in [0.05, 0.1) is 22.2 Å². The van der Waals surface area contributed by atoms with E-state index in [4.69, 9.17) is 9.97 Å². The predicted octanol–water partition coefficient (Wildman–Crippen LogP) is 10.6. The number of nitrogens with zero attached hydrogens (tertiary/aromatic N) is 4. The van der Waals surface area contributed by atoms with Crippen LogP contribution in [0.4, 0.5) is 0 Å². The lowest BCUT2D eigenvalue weighted by molar-refractivity contribution is 1.02. The van der Waals surface area contributed by atoms with Crippen LogP contribution < -0.4 is 0 Å². The van der Waals surface area contributed by atoms with Crippen molar-refractivity contribution in [2.75, 3.05) is 0 Å². The molecule has 4 nitrogen and oxygen atoms in total. The van der Waals surface area contributed by atoms with Gasteiger partial charge in [-0.05, 0) is 90.7 Å². The lowest BCUT2D eigenvalue weighted by Gasteiger charge is -2.10. The smallest absolute Gasteiger partial charge is 0.149 e. The molecule has 0 spiro atoms. The molecule has 0 saturated heterocycles. The maximum atomic E-state index is 4.96. The quantitative estimate of drug-likeness (QED) is 0.204. The summed E-state index contributed by atoms with van der Waals surface area (Å²) in [6, 6.07) is 52.3. The zero-order valence-corrected chi connectivity index (χ0v) is 25.6. The average molecular weight is 591 g/mol. The second kappa shape index (κ2) is 10.3. The van der Waals surface area contributed by atoms with Crippen LogP contribution in [0.3, 0.4) is 0 Å². The Morgan fingerprint density at radius 2 is 0.935 bits per heavy atom. The highest BCUT2D eigenvalue weighted by molar-refractivity contribution is 6.13. The van der Waals surface area contributed by atoms with Crippen LogP contribution in [0, 0.1) is 13.8 Å². The normalized spacial score (nSPS) is 11.7. The van der Waals surface area contributed by atoms with Crippen LogP contribution in [-0.4, -0.2) is 19.1 Å². The van der Waals surface area contributed by atoms with Gasteiger partial charge in [0.2, 0.25) is 0 Å². The first-order chi connectivity index (χ1) is 22.6. The van der Waals surface area contributed by atoms with E-state index in [1.54, 1.807) is 0 Å². The van der Waals surface area contributed by atoms with Crippen molar-refractivity contribution >= 4 is 43.7 Å². The van der Waals surface area contributed by atoms with Crippen molar-refractivity contribution in [3.63, 3.8) is 0 Å². The summed E-state index contributed by atoms with van der Waals surface area (Å²) in [6.07, 6.45) is 0. The number of para-hydroxylation sites is 1. The summed E-state index contributed by atoms with van der Waals surface area (Å²) in [5.41, 5.74) is 12.4. The molecule has 0 aliphatic heterocycles. The van der Waals surface area contributed by atoms with Crippen molar-refractivity contribution < 1.29 is 0 Å². The van der Waals surface area contributed by atoms with Crippen LogP contribution in [0.15, 0.2) is 146 Å². The molecular formula is C42H30N4. The lowest BCUT2D eigenvalue weighted by Crippen LogP contribution is -1.98. The Labute approximate surface area is 266 Å². The third-order valence-electron chi connectivity index (χ3n) is 9.14. The molecule has 0 unspecified atom stereocenters. The highest BCUT2D eigenvalue weighted by atomic mass is 15.1. The average Bonchev–Trinajstić information content (AvgIpc) is 3.61. The van der Waals surface area contributed by atoms with E-state index >= 15 is 0 Å². The van der Waals surface area contributed by atoms with Gasteiger partial charge in [0.15, 0.2) is 0 Å². The number of aromatic nitrogens is 4. The zero-order chi connectivity index (χ0) is 30.8. The Balaban J connectivity index is 1.34. The van der Waals surface area contributed by atoms with Gasteiger partial charge in [-0.3, -0.25) is 4.57 Å². The summed E-state index contributed by atoms with van der Waals surface area (Å²) in [4.78, 5) is 9.76. The summed E-state index contributed by atoms with van der Waals surface area (Å²) < 4.78 is 4.67. The monoisotopic (exact) mass is 590 g/mol. The van der Waals surface area contributed by atoms with Gasteiger partial charge in [-0.2, -0.15) is 0 Å². The molecule has 9 aromatic rings. The topological polar surface area (TPSA) is 35.6 Å². The Hall–Kier alpha value is -6.00. The van der Waals surface area contributed by atoms with Crippen LogP contribution in [0.25, 0.3) is 77.4 Å². The molecular weight excluding hydrogens is 560 g/mol. The Kier molecular flexibility index (Phi) is 5.90. The minimum Gasteiger partial charge on any atom is -0.309 e. The standard InChI is InChI=1S/C42H30N4/c1-27-41-37-26-34(20-23-40(37)46(33-16-10-5-11-17-33)42(41)44-28(2)43-27)45-38-21-18-31(29-12-6-3-7-13-29)24-35(38)36-25-32(19-22-39(36)45)30-14-8-4-9-15-30/h3-26H,1-2H3. The molecule has 0 bridgehead atoms. The van der Waals surface area contributed by atoms with Crippen molar-refractivity contribution in [3.05, 3.63) is 157 Å². The second-order valence-corrected chi connectivity index (χ2v) is 12.0. The number of aryl methyl sites for hydroxylation is 2. The van der Waals surface area contributed by atoms with Gasteiger partial charge in [0.25, 0.3) is 0 Å². The molecule has 0 N–H and O–H groups in total. The second-order valence-electron chi connectivity index (χ2n) is 12.0. The number of rotatable bonds is 4. The largest absolute Gasteiger partial charge is 0.309 e. The molecule has 0 aliphatic rings. The molecule has 218 valence electrons. The zero-order valence-electron chi connectivity index (χ0n) is 25.6. The number of fused-ring (bicyclic) bond motifs is 6. The minimum absolute atomic E-state index is 0.774. The molecule has 3 aromatic heterocycles. The Morgan fingerprint density at radius 3 is 1.52 bits per heavy atom. The van der Waals surface area contributed by atoms with Crippen LogP contribution in [-0.2, 0) is 0 Å². The van der Waals surface area contributed by atoms with E-state index < -0.39 is 0 Å². The van der Waals surface area contributed by atoms with Gasteiger partial charge >= 0.3 is 0 Å². The van der Waals surface area contributed by atoms with Gasteiger partial charge in [0.1, 0.15) is 11.5 Å². The van der Waals surface area contributed by atoms with E-state index in [1.807, 2.05) is 6.92 Å². The summed E-state index contributed by atoms with van der Waals surface area (Å²) in [7, 11) is 0. The van der Waals surface area contributed by atoms with E-state index in [1.165, 1.54) is 44.1 Å². The fourth-order valence-corrected chi connectivity index (χ4v) is 7.10. The molecule has 0 saturated carbocycles. The molecule has 9 rings (SSSR count). The molecule has 0 atom stereocenters. The Bertz CT molecular complexity index is 2480. The fraction of sp³-hybridized carbons (Fsp3) is 0.0476. The van der Waals surface area contributed by atoms with Crippen LogP contribution in [0.2, 0.25) is 0 Å². The van der Waals surface area contributed by atoms with Crippen molar-refractivity contribution in [1.29, 1.82) is 0 Å². The molecule has 6 aromatic carbocycles. The first-order valence-corrected chi connectivity index (χ1v) is 15.7. The first kappa shape index (κ1) is 26.4. The van der Waals surface area contributed by atoms with Crippen LogP contribution in [0.1, 0.15) is 11.5 Å². The molecule has 0 aliphatic carbocycles. The fourth-order valence-electron chi connectivity index (χ4n) is 7.10. The van der Waals surface area contributed by atoms with E-state index in [-0.39, 0.29) is 0 Å². The molecule has 3 heterocycles. The summed E-state index contributed by atoms with van der Waals surface area (Å²) in [5.74, 6) is 0.774. The molecule has 0 radical (unpaired) electrons. The van der Waals surface area contributed by atoms with Gasteiger partial charge in [-0.15, -0.1) is 0 Å². The summed E-state index contributed by atoms with van der Waals surface area (Å²) in [6.45, 7) is 4.06. The van der Waals surface area contributed by atoms with E-state index in [2.05, 4.69) is 162 Å². The molecule has 46 heavy (non-hydrogen) atoms. The highest BCUT2D eigenvalue weighted by Gasteiger charge is 2.20. The molecule has 0 fully saturated rings. The van der Waals surface area contributed by atoms with Crippen LogP contribution in [0.5, 0.6) is 0 Å². The SMILES string of the molecule is Cc1nc(C)c2c3cc(-n4c5ccc(-c6ccccc6)cc5c5cc(-c6ccccc6)ccc54)ccc3n(-c3ccccc3)c2n1. The van der Waals surface area contributed by atoms with E-state index in [9.17, 15) is 0 Å². The van der Waals surface area contributed by atoms with Crippen molar-refractivity contribution in [2.24, 2.45) is 0 Å². The lowest BCUT2D eigenvalue weighted by atomic mass is 10.0. The number of hydrogen-bond acceptors (Lipinski definition) is 2. The predicted molar refractivity (Wildman–Crippen MR) is 191 cm³/mol. The van der Waals surface area contributed by atoms with Gasteiger partial charge in [-0.1, -0.05) is 91.0 Å². The first-order valence-electron chi connectivity index (χ1n) is 15.7. The van der Waals surface area contributed by atoms with Crippen molar-refractivity contribution in [3.8, 4) is 33.6 Å². The van der Waals surface area contributed by atoms with Gasteiger partial charge in [-0.25, -0.2) is 9.97 Å². The van der Waals surface area contributed by atoms with Crippen molar-refractivity contribution in [1.82, 2.24) is 19.1 Å². The van der Waals surface area contributed by atoms with E-state index in [0.717, 1.165) is 44.8 Å². The number of benzene rings is 6. The third-order valence-corrected chi connectivity index (χ3v) is 9.14. The minimum atomic E-state index is 0.774. The van der Waals surface area contributed by atoms with Gasteiger partial charge < -0.3 is 4.57 Å². The Morgan fingerprint density at radius 1 is 0.413 bits per heavy atom. The maximum Gasteiger partial charge on any atom is 0.149 e. The highest BCUT2D eigenvalue weighted by Crippen LogP contribution is 2.39.